The fraction of sp³-hybridized carbons (Fsp3) is 0.269. The number of benzene rings is 2. The van der Waals surface area contributed by atoms with Gasteiger partial charge in [-0.2, -0.15) is 36.4 Å². The molecule has 4 N–H and O–H groups in total. The first-order chi connectivity index (χ1) is 18.9. The molecule has 3 heterocycles. The van der Waals surface area contributed by atoms with Crippen molar-refractivity contribution in [1.82, 2.24) is 20.5 Å². The molecule has 7 nitrogen and oxygen atoms in total. The lowest BCUT2D eigenvalue weighted by molar-refractivity contribution is -0.143. The quantitative estimate of drug-likeness (QED) is 0.164. The minimum Gasteiger partial charge on any atom is -0.492 e. The Balaban J connectivity index is 1.62. The first-order valence-corrected chi connectivity index (χ1v) is 12.9. The lowest BCUT2D eigenvalue weighted by Crippen LogP contribution is -2.34. The largest absolute Gasteiger partial charge is 0.492 e. The number of halogens is 6. The zero-order valence-corrected chi connectivity index (χ0v) is 21.3. The van der Waals surface area contributed by atoms with Crippen molar-refractivity contribution in [3.8, 4) is 5.88 Å². The van der Waals surface area contributed by atoms with Crippen molar-refractivity contribution < 1.29 is 36.2 Å². The van der Waals surface area contributed by atoms with Gasteiger partial charge in [-0.3, -0.25) is 9.89 Å². The predicted octanol–water partition coefficient (Wildman–Crippen LogP) is 6.29. The molecule has 0 unspecified atom stereocenters. The second-order valence-electron chi connectivity index (χ2n) is 9.21. The Kier molecular flexibility index (Phi) is 7.31. The molecule has 5 rings (SSSR count). The molecule has 0 aliphatic carbocycles. The number of thiazole rings is 1. The Morgan fingerprint density at radius 1 is 1.05 bits per heavy atom. The topological polar surface area (TPSA) is 103 Å². The molecule has 1 aliphatic heterocycles. The second-order valence-corrected chi connectivity index (χ2v) is 10.2. The van der Waals surface area contributed by atoms with Gasteiger partial charge in [0.15, 0.2) is 5.13 Å². The van der Waals surface area contributed by atoms with Crippen LogP contribution in [0.25, 0.3) is 22.6 Å². The van der Waals surface area contributed by atoms with Crippen LogP contribution in [0, 0.1) is 5.92 Å². The van der Waals surface area contributed by atoms with E-state index in [0.29, 0.717) is 48.5 Å². The highest BCUT2D eigenvalue weighted by molar-refractivity contribution is 7.17. The predicted molar refractivity (Wildman–Crippen MR) is 138 cm³/mol. The minimum atomic E-state index is -5.10. The van der Waals surface area contributed by atoms with E-state index in [4.69, 9.17) is 0 Å². The summed E-state index contributed by atoms with van der Waals surface area (Å²) in [5.74, 6) is -1.12. The fourth-order valence-electron chi connectivity index (χ4n) is 4.48. The maximum absolute atomic E-state index is 13.9. The van der Waals surface area contributed by atoms with E-state index in [1.165, 1.54) is 6.20 Å². The molecule has 0 bridgehead atoms. The first-order valence-electron chi connectivity index (χ1n) is 12.1. The number of aromatic hydroxyl groups is 1. The molecule has 1 aliphatic rings. The van der Waals surface area contributed by atoms with Gasteiger partial charge in [0.05, 0.1) is 22.8 Å². The number of nitrogens with one attached hydrogen (secondary N) is 3. The summed E-state index contributed by atoms with van der Waals surface area (Å²) >= 11 is 0.841. The Morgan fingerprint density at radius 3 is 2.50 bits per heavy atom. The van der Waals surface area contributed by atoms with E-state index in [1.54, 1.807) is 18.2 Å². The number of amides is 1. The number of aromatic amines is 1. The minimum absolute atomic E-state index is 0.0245. The number of carbonyl (C=O) groups is 1. The Morgan fingerprint density at radius 2 is 1.80 bits per heavy atom. The van der Waals surface area contributed by atoms with Gasteiger partial charge in [-0.15, -0.1) is 0 Å². The van der Waals surface area contributed by atoms with Crippen LogP contribution in [0.5, 0.6) is 5.88 Å². The number of H-pyrrole nitrogens is 1. The molecule has 2 aromatic carbocycles. The Labute approximate surface area is 226 Å². The van der Waals surface area contributed by atoms with E-state index in [0.717, 1.165) is 23.5 Å². The second kappa shape index (κ2) is 10.6. The summed E-state index contributed by atoms with van der Waals surface area (Å²) in [5.41, 5.74) is -2.44. The average molecular weight is 582 g/mol. The third-order valence-corrected chi connectivity index (χ3v) is 7.52. The molecule has 40 heavy (non-hydrogen) atoms. The van der Waals surface area contributed by atoms with Crippen molar-refractivity contribution in [3.05, 3.63) is 69.7 Å². The van der Waals surface area contributed by atoms with Crippen molar-refractivity contribution in [1.29, 1.82) is 0 Å². The zero-order chi connectivity index (χ0) is 28.7. The fourth-order valence-corrected chi connectivity index (χ4v) is 5.38. The van der Waals surface area contributed by atoms with E-state index in [2.05, 4.69) is 25.8 Å². The highest BCUT2D eigenvalue weighted by Crippen LogP contribution is 2.42. The Hall–Kier alpha value is -3.91. The average Bonchev–Trinajstić information content (AvgIpc) is 3.52. The van der Waals surface area contributed by atoms with Crippen LogP contribution >= 0.6 is 11.3 Å². The standard InChI is InChI=1S/C26H21F6N5O2S/c27-25(28,29)17-3-1-15(19(11-17)26(30,31)32)10-18(14-2-4-20-16(9-14)12-34-37-20)21-23(39)36-24(40-21)35-22(38)13-5-7-33-8-6-13/h1-4,9-13,33,39H,5-8H2,(H,34,37)(H,35,36,38). The van der Waals surface area contributed by atoms with Crippen LogP contribution in [0.2, 0.25) is 0 Å². The Bertz CT molecular complexity index is 1580. The summed E-state index contributed by atoms with van der Waals surface area (Å²) in [4.78, 5) is 16.7. The number of anilines is 1. The number of fused-ring (bicyclic) bond motifs is 1. The zero-order valence-electron chi connectivity index (χ0n) is 20.5. The maximum atomic E-state index is 13.9. The van der Waals surface area contributed by atoms with Crippen molar-refractivity contribution in [2.24, 2.45) is 5.92 Å². The van der Waals surface area contributed by atoms with E-state index >= 15 is 0 Å². The van der Waals surface area contributed by atoms with Crippen LogP contribution in [0.1, 0.15) is 40.0 Å². The van der Waals surface area contributed by atoms with Gasteiger partial charge in [-0.25, -0.2) is 0 Å². The molecule has 4 aromatic rings. The van der Waals surface area contributed by atoms with Crippen LogP contribution < -0.4 is 10.6 Å². The van der Waals surface area contributed by atoms with Crippen molar-refractivity contribution in [2.75, 3.05) is 18.4 Å². The van der Waals surface area contributed by atoms with Crippen LogP contribution in [-0.2, 0) is 17.1 Å². The van der Waals surface area contributed by atoms with Crippen molar-refractivity contribution in [2.45, 2.75) is 25.2 Å². The van der Waals surface area contributed by atoms with Crippen LogP contribution in [0.15, 0.2) is 42.6 Å². The molecule has 0 spiro atoms. The molecule has 210 valence electrons. The number of piperidine rings is 1. The number of carbonyl (C=O) groups excluding carboxylic acids is 1. The first kappa shape index (κ1) is 27.6. The van der Waals surface area contributed by atoms with Crippen molar-refractivity contribution in [3.63, 3.8) is 0 Å². The number of alkyl halides is 6. The van der Waals surface area contributed by atoms with Gasteiger partial charge >= 0.3 is 12.4 Å². The van der Waals surface area contributed by atoms with Crippen molar-refractivity contribution >= 4 is 44.9 Å². The van der Waals surface area contributed by atoms with E-state index in [9.17, 15) is 36.2 Å². The molecule has 1 fully saturated rings. The number of rotatable bonds is 5. The maximum Gasteiger partial charge on any atom is 0.417 e. The molecule has 1 amide bonds. The van der Waals surface area contributed by atoms with Gasteiger partial charge in [-0.05, 0) is 67.4 Å². The lowest BCUT2D eigenvalue weighted by Gasteiger charge is -2.20. The van der Waals surface area contributed by atoms with Gasteiger partial charge in [0.2, 0.25) is 11.8 Å². The summed E-state index contributed by atoms with van der Waals surface area (Å²) < 4.78 is 81.4. The van der Waals surface area contributed by atoms with Crippen LogP contribution in [0.4, 0.5) is 31.5 Å². The van der Waals surface area contributed by atoms with Gasteiger partial charge in [0.1, 0.15) is 4.88 Å². The van der Waals surface area contributed by atoms with Crippen LogP contribution in [-0.4, -0.2) is 39.3 Å². The highest BCUT2D eigenvalue weighted by atomic mass is 32.1. The van der Waals surface area contributed by atoms with Crippen LogP contribution in [0.3, 0.4) is 0 Å². The smallest absolute Gasteiger partial charge is 0.417 e. The molecule has 1 saturated heterocycles. The third-order valence-electron chi connectivity index (χ3n) is 6.53. The molecular weight excluding hydrogens is 560 g/mol. The van der Waals surface area contributed by atoms with E-state index < -0.39 is 34.9 Å². The van der Waals surface area contributed by atoms with Gasteiger partial charge < -0.3 is 15.7 Å². The highest BCUT2D eigenvalue weighted by Gasteiger charge is 2.38. The lowest BCUT2D eigenvalue weighted by atomic mass is 9.96. The van der Waals surface area contributed by atoms with E-state index in [-0.39, 0.29) is 33.5 Å². The molecule has 2 aromatic heterocycles. The summed E-state index contributed by atoms with van der Waals surface area (Å²) in [6.07, 6.45) is -6.31. The molecule has 0 atom stereocenters. The normalized spacial score (nSPS) is 15.5. The number of hydrogen-bond acceptors (Lipinski definition) is 6. The number of hydrogen-bond donors (Lipinski definition) is 4. The molecule has 0 saturated carbocycles. The third kappa shape index (κ3) is 5.82. The summed E-state index contributed by atoms with van der Waals surface area (Å²) in [6.45, 7) is 1.34. The van der Waals surface area contributed by atoms with E-state index in [1.807, 2.05) is 0 Å². The number of aromatic nitrogens is 3. The monoisotopic (exact) mass is 581 g/mol. The summed E-state index contributed by atoms with van der Waals surface area (Å²) in [5, 5.41) is 23.9. The SMILES string of the molecule is O=C(Nc1nc(O)c(C(=Cc2ccc(C(F)(F)F)cc2C(F)(F)F)c2ccc3[nH]ncc3c2)s1)C1CCNCC1. The van der Waals surface area contributed by atoms with Gasteiger partial charge in [-0.1, -0.05) is 23.5 Å². The molecule has 0 radical (unpaired) electrons. The molecule has 14 heteroatoms. The number of nitrogens with zero attached hydrogens (tertiary/aromatic N) is 2. The summed E-state index contributed by atoms with van der Waals surface area (Å²) in [6, 6.07) is 6.15. The van der Waals surface area contributed by atoms with Gasteiger partial charge in [0, 0.05) is 16.9 Å². The van der Waals surface area contributed by atoms with Gasteiger partial charge in [0.25, 0.3) is 0 Å². The molecular formula is C26H21F6N5O2S. The summed E-state index contributed by atoms with van der Waals surface area (Å²) in [7, 11) is 0.